The highest BCUT2D eigenvalue weighted by atomic mass is 32.2. The number of hydrogen-bond donors (Lipinski definition) is 3. The van der Waals surface area contributed by atoms with Crippen molar-refractivity contribution in [2.75, 3.05) is 20.3 Å². The fourth-order valence-electron chi connectivity index (χ4n) is 8.41. The molecular formula is C42H59N5O9S. The fourth-order valence-corrected chi connectivity index (χ4v) is 9.77. The number of ether oxygens (including phenoxy) is 3. The lowest BCUT2D eigenvalue weighted by Gasteiger charge is -2.38. The van der Waals surface area contributed by atoms with Gasteiger partial charge in [-0.3, -0.25) is 23.9 Å². The molecule has 3 N–H and O–H groups in total. The number of hydrogen-bond acceptors (Lipinski definition) is 10. The van der Waals surface area contributed by atoms with Crippen LogP contribution in [0.4, 0.5) is 0 Å². The van der Waals surface area contributed by atoms with Crippen LogP contribution in [0.2, 0.25) is 0 Å². The smallest absolute Gasteiger partial charge is 0.259 e. The minimum absolute atomic E-state index is 0.0275. The molecule has 2 heterocycles. The summed E-state index contributed by atoms with van der Waals surface area (Å²) < 4.78 is 45.7. The molecule has 6 rings (SSSR count). The first-order chi connectivity index (χ1) is 26.9. The van der Waals surface area contributed by atoms with Gasteiger partial charge in [-0.05, 0) is 84.9 Å². The molecule has 3 saturated carbocycles. The van der Waals surface area contributed by atoms with Gasteiger partial charge in [-0.15, -0.1) is 6.58 Å². The number of nitrogens with one attached hydrogen (secondary N) is 3. The minimum Gasteiger partial charge on any atom is -0.497 e. The number of likely N-dealkylation sites (tertiary alicyclic amines) is 1. The Kier molecular flexibility index (Phi) is 12.3. The van der Waals surface area contributed by atoms with Gasteiger partial charge in [0.2, 0.25) is 33.6 Å². The van der Waals surface area contributed by atoms with E-state index in [4.69, 9.17) is 14.2 Å². The third kappa shape index (κ3) is 9.40. The number of amides is 4. The molecule has 57 heavy (non-hydrogen) atoms. The summed E-state index contributed by atoms with van der Waals surface area (Å²) in [6.45, 7) is 15.6. The van der Waals surface area contributed by atoms with Crippen molar-refractivity contribution in [2.45, 2.75) is 122 Å². The summed E-state index contributed by atoms with van der Waals surface area (Å²) in [5.41, 5.74) is -2.34. The summed E-state index contributed by atoms with van der Waals surface area (Å²) in [5, 5.41) is 6.63. The van der Waals surface area contributed by atoms with Crippen LogP contribution in [0.15, 0.2) is 43.1 Å². The third-order valence-electron chi connectivity index (χ3n) is 12.1. The van der Waals surface area contributed by atoms with Crippen LogP contribution in [-0.4, -0.2) is 97.3 Å². The van der Waals surface area contributed by atoms with Crippen LogP contribution < -0.4 is 24.8 Å². The Labute approximate surface area is 336 Å². The van der Waals surface area contributed by atoms with E-state index >= 15 is 0 Å². The molecule has 1 aromatic carbocycles. The highest BCUT2D eigenvalue weighted by molar-refractivity contribution is 7.91. The number of aromatic nitrogens is 1. The van der Waals surface area contributed by atoms with Crippen LogP contribution in [0.5, 0.6) is 11.6 Å². The molecule has 4 aliphatic rings. The number of rotatable bonds is 15. The zero-order valence-corrected chi connectivity index (χ0v) is 35.0. The van der Waals surface area contributed by atoms with E-state index in [0.717, 1.165) is 24.6 Å². The van der Waals surface area contributed by atoms with Gasteiger partial charge in [0.1, 0.15) is 36.1 Å². The Hall–Kier alpha value is -4.24. The third-order valence-corrected chi connectivity index (χ3v) is 13.9. The van der Waals surface area contributed by atoms with E-state index in [-0.39, 0.29) is 32.1 Å². The number of methoxy groups -OCH3 is 1. The first kappa shape index (κ1) is 42.4. The lowest BCUT2D eigenvalue weighted by molar-refractivity contribution is -0.146. The van der Waals surface area contributed by atoms with Crippen molar-refractivity contribution < 1.29 is 41.8 Å². The maximum absolute atomic E-state index is 14.7. The Morgan fingerprint density at radius 1 is 1.09 bits per heavy atom. The highest BCUT2D eigenvalue weighted by Crippen LogP contribution is 2.46. The number of benzene rings is 1. The molecule has 8 atom stereocenters. The van der Waals surface area contributed by atoms with E-state index in [1.54, 1.807) is 19.4 Å². The molecule has 0 bridgehead atoms. The summed E-state index contributed by atoms with van der Waals surface area (Å²) >= 11 is 0. The van der Waals surface area contributed by atoms with Gasteiger partial charge in [-0.1, -0.05) is 54.0 Å². The number of carbonyl (C=O) groups is 4. The van der Waals surface area contributed by atoms with Gasteiger partial charge in [0.05, 0.1) is 25.0 Å². The molecule has 0 radical (unpaired) electrons. The topological polar surface area (TPSA) is 182 Å². The van der Waals surface area contributed by atoms with Gasteiger partial charge < -0.3 is 29.7 Å². The van der Waals surface area contributed by atoms with E-state index in [0.29, 0.717) is 47.6 Å². The largest absolute Gasteiger partial charge is 0.497 e. The van der Waals surface area contributed by atoms with E-state index in [2.05, 4.69) is 47.7 Å². The van der Waals surface area contributed by atoms with Gasteiger partial charge >= 0.3 is 0 Å². The molecule has 1 aliphatic heterocycles. The van der Waals surface area contributed by atoms with Crippen LogP contribution in [0.3, 0.4) is 0 Å². The minimum atomic E-state index is -3.90. The van der Waals surface area contributed by atoms with Crippen molar-refractivity contribution in [3.63, 3.8) is 0 Å². The molecule has 2 unspecified atom stereocenters. The summed E-state index contributed by atoms with van der Waals surface area (Å²) in [6, 6.07) is 5.09. The number of sulfonamides is 1. The molecule has 4 amide bonds. The van der Waals surface area contributed by atoms with Crippen molar-refractivity contribution in [1.29, 1.82) is 0 Å². The average Bonchev–Trinajstić information content (AvgIpc) is 4.08. The van der Waals surface area contributed by atoms with E-state index in [9.17, 15) is 27.6 Å². The Morgan fingerprint density at radius 3 is 2.46 bits per heavy atom. The second-order valence-electron chi connectivity index (χ2n) is 17.9. The molecular weight excluding hydrogens is 751 g/mol. The van der Waals surface area contributed by atoms with Crippen LogP contribution in [0.1, 0.15) is 86.5 Å². The highest BCUT2D eigenvalue weighted by Gasteiger charge is 2.62. The van der Waals surface area contributed by atoms with Crippen LogP contribution in [-0.2, 0) is 33.9 Å². The number of fused-ring (bicyclic) bond motifs is 1. The average molecular weight is 810 g/mol. The quantitative estimate of drug-likeness (QED) is 0.220. The molecule has 312 valence electrons. The molecule has 1 saturated heterocycles. The summed E-state index contributed by atoms with van der Waals surface area (Å²) in [7, 11) is -2.33. The zero-order valence-electron chi connectivity index (χ0n) is 34.2. The van der Waals surface area contributed by atoms with Crippen molar-refractivity contribution in [3.05, 3.63) is 43.1 Å². The van der Waals surface area contributed by atoms with Crippen molar-refractivity contribution in [3.8, 4) is 11.6 Å². The molecule has 1 aromatic heterocycles. The van der Waals surface area contributed by atoms with Crippen LogP contribution in [0.25, 0.3) is 10.8 Å². The fraction of sp³-hybridized carbons (Fsp3) is 0.643. The molecule has 15 heteroatoms. The molecule has 0 spiro atoms. The van der Waals surface area contributed by atoms with Crippen molar-refractivity contribution in [2.24, 2.45) is 29.1 Å². The Bertz CT molecular complexity index is 1980. The molecule has 4 fully saturated rings. The van der Waals surface area contributed by atoms with Gasteiger partial charge in [-0.2, -0.15) is 0 Å². The maximum Gasteiger partial charge on any atom is 0.259 e. The zero-order chi connectivity index (χ0) is 41.4. The summed E-state index contributed by atoms with van der Waals surface area (Å²) in [4.78, 5) is 62.2. The molecule has 2 aromatic rings. The van der Waals surface area contributed by atoms with E-state index in [1.165, 1.54) is 11.0 Å². The van der Waals surface area contributed by atoms with Crippen LogP contribution >= 0.6 is 0 Å². The second-order valence-corrected chi connectivity index (χ2v) is 19.9. The monoisotopic (exact) mass is 809 g/mol. The summed E-state index contributed by atoms with van der Waals surface area (Å²) in [5.74, 6) is -0.764. The van der Waals surface area contributed by atoms with Gasteiger partial charge in [0, 0.05) is 23.9 Å². The molecule has 14 nitrogen and oxygen atoms in total. The van der Waals surface area contributed by atoms with Crippen LogP contribution in [0, 0.1) is 29.1 Å². The van der Waals surface area contributed by atoms with Crippen molar-refractivity contribution >= 4 is 44.4 Å². The lowest BCUT2D eigenvalue weighted by atomic mass is 9.75. The normalized spacial score (nSPS) is 28.0. The van der Waals surface area contributed by atoms with E-state index in [1.807, 2.05) is 39.0 Å². The van der Waals surface area contributed by atoms with Crippen molar-refractivity contribution in [1.82, 2.24) is 25.2 Å². The van der Waals surface area contributed by atoms with E-state index < -0.39 is 74.0 Å². The first-order valence-electron chi connectivity index (χ1n) is 20.2. The Balaban J connectivity index is 1.24. The SMILES string of the molecule is C=CC1CC1(NC(=O)[C@@H]1C[C@@H](Oc2nccc3cc(OC)ccc23)CN1C(=O)[C@@H](NC(=O)CO[C@@H]1C[C@H](C)CC[C@H]1C(C)C)C(C)(C)C)C(=O)NS(=O)(=O)C1CC1. The van der Waals surface area contributed by atoms with Gasteiger partial charge in [0.15, 0.2) is 0 Å². The lowest BCUT2D eigenvalue weighted by Crippen LogP contribution is -2.60. The predicted molar refractivity (Wildman–Crippen MR) is 215 cm³/mol. The summed E-state index contributed by atoms with van der Waals surface area (Å²) in [6.07, 6.45) is 6.46. The Morgan fingerprint density at radius 2 is 1.82 bits per heavy atom. The number of carbonyl (C=O) groups excluding carboxylic acids is 4. The predicted octanol–water partition coefficient (Wildman–Crippen LogP) is 4.27. The standard InChI is InChI=1S/C42H59N5O9S/c1-9-27-21-42(27,40(51)46-57(52,53)30-12-13-30)45-37(49)33-20-29(56-38-32-15-11-28(54-8)19-26(32)16-17-43-38)22-47(33)39(50)36(41(5,6)7)44-35(48)23-55-34-18-25(4)10-14-31(34)24(2)3/h9,11,15-17,19,24-25,27,29-31,33-34,36H,1,10,12-14,18,20-23H2,2-8H3,(H,44,48)(H,45,49)(H,46,51)/t25-,27?,29-,31+,33+,34-,36-,42?/m1/s1. The molecule has 3 aliphatic carbocycles. The van der Waals surface area contributed by atoms with Gasteiger partial charge in [-0.25, -0.2) is 13.4 Å². The van der Waals surface area contributed by atoms with Gasteiger partial charge in [0.25, 0.3) is 5.91 Å². The number of pyridine rings is 1. The number of nitrogens with zero attached hydrogens (tertiary/aromatic N) is 2. The first-order valence-corrected chi connectivity index (χ1v) is 21.7. The second kappa shape index (κ2) is 16.6. The maximum atomic E-state index is 14.7.